The Bertz CT molecular complexity index is 586. The van der Waals surface area contributed by atoms with E-state index in [1.54, 1.807) is 6.33 Å². The summed E-state index contributed by atoms with van der Waals surface area (Å²) in [6.45, 7) is 0. The number of hydrogen-bond donors (Lipinski definition) is 1. The van der Waals surface area contributed by atoms with Crippen LogP contribution in [0.15, 0.2) is 30.6 Å². The lowest BCUT2D eigenvalue weighted by molar-refractivity contribution is -0.117. The zero-order valence-corrected chi connectivity index (χ0v) is 10.1. The van der Waals surface area contributed by atoms with Crippen LogP contribution in [0.5, 0.6) is 0 Å². The maximum absolute atomic E-state index is 11.8. The summed E-state index contributed by atoms with van der Waals surface area (Å²) in [5.74, 6) is 1.05. The van der Waals surface area contributed by atoms with Crippen LogP contribution in [0.25, 0.3) is 11.4 Å². The summed E-state index contributed by atoms with van der Waals surface area (Å²) in [5.41, 5.74) is 1.69. The lowest BCUT2D eigenvalue weighted by atomic mass is 10.1. The number of amides is 1. The molecule has 92 valence electrons. The van der Waals surface area contributed by atoms with Gasteiger partial charge in [0.1, 0.15) is 6.33 Å². The van der Waals surface area contributed by atoms with Crippen LogP contribution in [0.3, 0.4) is 0 Å². The van der Waals surface area contributed by atoms with Crippen LogP contribution in [0.4, 0.5) is 5.69 Å². The minimum Gasteiger partial charge on any atom is -0.325 e. The number of aryl methyl sites for hydroxylation is 1. The van der Waals surface area contributed by atoms with E-state index in [1.807, 2.05) is 35.9 Å². The second kappa shape index (κ2) is 4.25. The molecule has 5 heteroatoms. The molecule has 5 nitrogen and oxygen atoms in total. The largest absolute Gasteiger partial charge is 0.325 e. The highest BCUT2D eigenvalue weighted by Crippen LogP contribution is 2.32. The number of para-hydroxylation sites is 1. The van der Waals surface area contributed by atoms with Gasteiger partial charge >= 0.3 is 0 Å². The van der Waals surface area contributed by atoms with E-state index in [1.165, 1.54) is 0 Å². The predicted molar refractivity (Wildman–Crippen MR) is 67.8 cm³/mol. The van der Waals surface area contributed by atoms with Gasteiger partial charge < -0.3 is 9.88 Å². The molecule has 1 aliphatic carbocycles. The molecule has 0 saturated heterocycles. The van der Waals surface area contributed by atoms with Gasteiger partial charge in [0.15, 0.2) is 5.82 Å². The number of benzene rings is 1. The van der Waals surface area contributed by atoms with E-state index in [-0.39, 0.29) is 11.8 Å². The lowest BCUT2D eigenvalue weighted by Gasteiger charge is -2.09. The normalized spacial score (nSPS) is 14.5. The van der Waals surface area contributed by atoms with Crippen molar-refractivity contribution in [2.45, 2.75) is 12.8 Å². The van der Waals surface area contributed by atoms with Gasteiger partial charge in [-0.05, 0) is 25.0 Å². The molecule has 1 aliphatic rings. The van der Waals surface area contributed by atoms with Crippen molar-refractivity contribution in [3.8, 4) is 11.4 Å². The summed E-state index contributed by atoms with van der Waals surface area (Å²) in [5, 5.41) is 10.9. The van der Waals surface area contributed by atoms with Gasteiger partial charge in [-0.3, -0.25) is 4.79 Å². The Balaban J connectivity index is 1.94. The second-order valence-electron chi connectivity index (χ2n) is 4.57. The Morgan fingerprint density at radius 3 is 2.83 bits per heavy atom. The number of nitrogens with one attached hydrogen (secondary N) is 1. The fraction of sp³-hybridized carbons (Fsp3) is 0.308. The molecule has 2 aromatic rings. The number of aromatic nitrogens is 3. The number of nitrogens with zero attached hydrogens (tertiary/aromatic N) is 3. The van der Waals surface area contributed by atoms with Crippen LogP contribution in [-0.2, 0) is 11.8 Å². The third kappa shape index (κ3) is 1.99. The number of rotatable bonds is 3. The first-order valence-electron chi connectivity index (χ1n) is 6.00. The molecule has 1 amide bonds. The average Bonchev–Trinajstić information content (AvgIpc) is 3.14. The summed E-state index contributed by atoms with van der Waals surface area (Å²) in [4.78, 5) is 11.8. The monoisotopic (exact) mass is 242 g/mol. The standard InChI is InChI=1S/C13H14N4O/c1-17-8-14-16-12(17)10-4-2-3-5-11(10)15-13(18)9-6-7-9/h2-5,8-9H,6-7H2,1H3,(H,15,18). The molecule has 1 aromatic carbocycles. The Labute approximate surface area is 105 Å². The van der Waals surface area contributed by atoms with Gasteiger partial charge in [-0.2, -0.15) is 0 Å². The van der Waals surface area contributed by atoms with Crippen LogP contribution in [0, 0.1) is 5.92 Å². The summed E-state index contributed by atoms with van der Waals surface area (Å²) in [6, 6.07) is 7.66. The molecule has 1 fully saturated rings. The first-order valence-corrected chi connectivity index (χ1v) is 6.00. The van der Waals surface area contributed by atoms with Crippen molar-refractivity contribution in [2.75, 3.05) is 5.32 Å². The van der Waals surface area contributed by atoms with Crippen molar-refractivity contribution in [3.63, 3.8) is 0 Å². The van der Waals surface area contributed by atoms with Gasteiger partial charge in [0, 0.05) is 18.5 Å². The molecular formula is C13H14N4O. The van der Waals surface area contributed by atoms with Gasteiger partial charge in [-0.15, -0.1) is 10.2 Å². The zero-order chi connectivity index (χ0) is 12.5. The summed E-state index contributed by atoms with van der Waals surface area (Å²) < 4.78 is 1.84. The minimum absolute atomic E-state index is 0.101. The summed E-state index contributed by atoms with van der Waals surface area (Å²) >= 11 is 0. The predicted octanol–water partition coefficient (Wildman–Crippen LogP) is 1.83. The molecule has 0 bridgehead atoms. The van der Waals surface area contributed by atoms with E-state index in [9.17, 15) is 4.79 Å². The zero-order valence-electron chi connectivity index (χ0n) is 10.1. The molecule has 18 heavy (non-hydrogen) atoms. The fourth-order valence-corrected chi connectivity index (χ4v) is 1.89. The smallest absolute Gasteiger partial charge is 0.227 e. The first-order chi connectivity index (χ1) is 8.75. The highest BCUT2D eigenvalue weighted by Gasteiger charge is 2.30. The molecule has 0 unspecified atom stereocenters. The van der Waals surface area contributed by atoms with Crippen molar-refractivity contribution in [1.82, 2.24) is 14.8 Å². The third-order valence-corrected chi connectivity index (χ3v) is 3.09. The number of carbonyl (C=O) groups is 1. The van der Waals surface area contributed by atoms with Crippen LogP contribution >= 0.6 is 0 Å². The topological polar surface area (TPSA) is 59.8 Å². The lowest BCUT2D eigenvalue weighted by Crippen LogP contribution is -2.14. The Morgan fingerprint density at radius 2 is 2.17 bits per heavy atom. The van der Waals surface area contributed by atoms with Crippen LogP contribution in [-0.4, -0.2) is 20.7 Å². The van der Waals surface area contributed by atoms with E-state index in [4.69, 9.17) is 0 Å². The van der Waals surface area contributed by atoms with E-state index in [2.05, 4.69) is 15.5 Å². The van der Waals surface area contributed by atoms with Crippen molar-refractivity contribution in [1.29, 1.82) is 0 Å². The molecule has 0 atom stereocenters. The van der Waals surface area contributed by atoms with E-state index >= 15 is 0 Å². The quantitative estimate of drug-likeness (QED) is 0.893. The van der Waals surface area contributed by atoms with Crippen LogP contribution < -0.4 is 5.32 Å². The van der Waals surface area contributed by atoms with E-state index in [0.717, 1.165) is 29.9 Å². The maximum atomic E-state index is 11.8. The first kappa shape index (κ1) is 11.0. The number of hydrogen-bond acceptors (Lipinski definition) is 3. The maximum Gasteiger partial charge on any atom is 0.227 e. The fourth-order valence-electron chi connectivity index (χ4n) is 1.89. The molecule has 1 saturated carbocycles. The third-order valence-electron chi connectivity index (χ3n) is 3.09. The van der Waals surface area contributed by atoms with E-state index in [0.29, 0.717) is 0 Å². The molecule has 1 heterocycles. The van der Waals surface area contributed by atoms with Crippen molar-refractivity contribution in [2.24, 2.45) is 13.0 Å². The molecule has 1 N–H and O–H groups in total. The average molecular weight is 242 g/mol. The molecule has 0 spiro atoms. The molecule has 0 radical (unpaired) electrons. The van der Waals surface area contributed by atoms with Crippen molar-refractivity contribution < 1.29 is 4.79 Å². The number of anilines is 1. The SMILES string of the molecule is Cn1cnnc1-c1ccccc1NC(=O)C1CC1. The summed E-state index contributed by atoms with van der Waals surface area (Å²) in [7, 11) is 1.88. The minimum atomic E-state index is 0.101. The van der Waals surface area contributed by atoms with Gasteiger partial charge in [0.2, 0.25) is 5.91 Å². The highest BCUT2D eigenvalue weighted by molar-refractivity contribution is 5.97. The van der Waals surface area contributed by atoms with Crippen molar-refractivity contribution in [3.05, 3.63) is 30.6 Å². The molecular weight excluding hydrogens is 228 g/mol. The van der Waals surface area contributed by atoms with Gasteiger partial charge in [-0.1, -0.05) is 12.1 Å². The highest BCUT2D eigenvalue weighted by atomic mass is 16.2. The van der Waals surface area contributed by atoms with Gasteiger partial charge in [0.05, 0.1) is 5.69 Å². The van der Waals surface area contributed by atoms with Crippen LogP contribution in [0.2, 0.25) is 0 Å². The Hall–Kier alpha value is -2.17. The molecule has 1 aromatic heterocycles. The van der Waals surface area contributed by atoms with Gasteiger partial charge in [0.25, 0.3) is 0 Å². The molecule has 3 rings (SSSR count). The van der Waals surface area contributed by atoms with Crippen LogP contribution in [0.1, 0.15) is 12.8 Å². The second-order valence-corrected chi connectivity index (χ2v) is 4.57. The van der Waals surface area contributed by atoms with E-state index < -0.39 is 0 Å². The van der Waals surface area contributed by atoms with Crippen molar-refractivity contribution >= 4 is 11.6 Å². The Kier molecular flexibility index (Phi) is 2.59. The number of carbonyl (C=O) groups excluding carboxylic acids is 1. The van der Waals surface area contributed by atoms with Gasteiger partial charge in [-0.25, -0.2) is 0 Å². The Morgan fingerprint density at radius 1 is 1.39 bits per heavy atom. The molecule has 0 aliphatic heterocycles. The summed E-state index contributed by atoms with van der Waals surface area (Å²) in [6.07, 6.45) is 3.64.